The first-order valence-corrected chi connectivity index (χ1v) is 13.6. The second-order valence-corrected chi connectivity index (χ2v) is 10.1. The summed E-state index contributed by atoms with van der Waals surface area (Å²) in [5, 5.41) is 0. The Morgan fingerprint density at radius 1 is 1.00 bits per heavy atom. The number of carbonyl (C=O) groups is 1. The van der Waals surface area contributed by atoms with Gasteiger partial charge in [0.1, 0.15) is 11.6 Å². The van der Waals surface area contributed by atoms with Gasteiger partial charge in [-0.3, -0.25) is 4.79 Å². The van der Waals surface area contributed by atoms with E-state index in [1.807, 2.05) is 41.7 Å². The van der Waals surface area contributed by atoms with Crippen molar-refractivity contribution in [2.24, 2.45) is 0 Å². The van der Waals surface area contributed by atoms with Crippen molar-refractivity contribution in [3.05, 3.63) is 102 Å². The monoisotopic (exact) mass is 525 g/mol. The molecule has 2 aromatic heterocycles. The third-order valence-corrected chi connectivity index (χ3v) is 7.68. The number of imidazole rings is 1. The summed E-state index contributed by atoms with van der Waals surface area (Å²) in [6.07, 6.45) is 8.10. The lowest BCUT2D eigenvalue weighted by molar-refractivity contribution is 0.0735. The third-order valence-electron chi connectivity index (χ3n) is 7.68. The van der Waals surface area contributed by atoms with E-state index in [9.17, 15) is 9.18 Å². The Labute approximate surface area is 227 Å². The van der Waals surface area contributed by atoms with Crippen molar-refractivity contribution in [1.82, 2.24) is 19.4 Å². The van der Waals surface area contributed by atoms with E-state index in [1.54, 1.807) is 6.20 Å². The summed E-state index contributed by atoms with van der Waals surface area (Å²) in [5.41, 5.74) is 4.92. The molecule has 1 atom stereocenters. The number of carbonyl (C=O) groups excluding carboxylic acids is 1. The van der Waals surface area contributed by atoms with Gasteiger partial charge in [0.15, 0.2) is 0 Å². The van der Waals surface area contributed by atoms with E-state index < -0.39 is 0 Å². The molecule has 0 spiro atoms. The van der Waals surface area contributed by atoms with Crippen LogP contribution < -0.4 is 4.90 Å². The van der Waals surface area contributed by atoms with E-state index in [2.05, 4.69) is 43.7 Å². The van der Waals surface area contributed by atoms with E-state index in [-0.39, 0.29) is 17.8 Å². The van der Waals surface area contributed by atoms with Crippen molar-refractivity contribution in [2.45, 2.75) is 31.8 Å². The van der Waals surface area contributed by atoms with Gasteiger partial charge in [0, 0.05) is 37.9 Å². The van der Waals surface area contributed by atoms with Crippen molar-refractivity contribution >= 4 is 11.7 Å². The number of amides is 1. The molecule has 2 fully saturated rings. The van der Waals surface area contributed by atoms with Crippen LogP contribution in [0.1, 0.15) is 40.4 Å². The van der Waals surface area contributed by atoms with Crippen molar-refractivity contribution in [1.29, 1.82) is 0 Å². The molecular formula is C31H32FN5O2. The van der Waals surface area contributed by atoms with Gasteiger partial charge in [0.2, 0.25) is 0 Å². The first kappa shape index (κ1) is 25.2. The number of rotatable bonds is 7. The first-order chi connectivity index (χ1) is 19.2. The van der Waals surface area contributed by atoms with Crippen LogP contribution in [-0.4, -0.2) is 58.2 Å². The fourth-order valence-electron chi connectivity index (χ4n) is 5.56. The zero-order valence-corrected chi connectivity index (χ0v) is 21.9. The molecule has 4 heterocycles. The predicted molar refractivity (Wildman–Crippen MR) is 148 cm³/mol. The van der Waals surface area contributed by atoms with E-state index in [4.69, 9.17) is 4.74 Å². The van der Waals surface area contributed by atoms with Gasteiger partial charge in [-0.25, -0.2) is 14.4 Å². The predicted octanol–water partition coefficient (Wildman–Crippen LogP) is 5.14. The number of anilines is 1. The van der Waals surface area contributed by atoms with Crippen LogP contribution in [0.5, 0.6) is 0 Å². The van der Waals surface area contributed by atoms with Gasteiger partial charge in [-0.2, -0.15) is 0 Å². The average molecular weight is 526 g/mol. The molecule has 4 aromatic rings. The lowest BCUT2D eigenvalue weighted by Crippen LogP contribution is -2.36. The highest BCUT2D eigenvalue weighted by atomic mass is 19.1. The number of halogens is 1. The molecule has 0 saturated carbocycles. The summed E-state index contributed by atoms with van der Waals surface area (Å²) >= 11 is 0. The molecule has 0 bridgehead atoms. The maximum absolute atomic E-state index is 13.5. The van der Waals surface area contributed by atoms with Crippen LogP contribution >= 0.6 is 0 Å². The summed E-state index contributed by atoms with van der Waals surface area (Å²) in [6.45, 7) is 4.50. The Morgan fingerprint density at radius 3 is 2.64 bits per heavy atom. The zero-order valence-electron chi connectivity index (χ0n) is 21.9. The summed E-state index contributed by atoms with van der Waals surface area (Å²) in [7, 11) is 0. The largest absolute Gasteiger partial charge is 0.378 e. The van der Waals surface area contributed by atoms with Gasteiger partial charge >= 0.3 is 0 Å². The van der Waals surface area contributed by atoms with Crippen LogP contribution in [0.3, 0.4) is 0 Å². The second kappa shape index (κ2) is 11.4. The van der Waals surface area contributed by atoms with Crippen LogP contribution in [0.15, 0.2) is 79.4 Å². The fourth-order valence-corrected chi connectivity index (χ4v) is 5.56. The molecule has 1 unspecified atom stereocenters. The number of pyridine rings is 1. The van der Waals surface area contributed by atoms with E-state index in [0.717, 1.165) is 73.6 Å². The molecule has 0 N–H and O–H groups in total. The van der Waals surface area contributed by atoms with Crippen LogP contribution in [0.25, 0.3) is 11.3 Å². The van der Waals surface area contributed by atoms with Crippen molar-refractivity contribution < 1.29 is 13.9 Å². The van der Waals surface area contributed by atoms with E-state index in [1.165, 1.54) is 12.1 Å². The second-order valence-electron chi connectivity index (χ2n) is 10.1. The maximum Gasteiger partial charge on any atom is 0.255 e. The van der Waals surface area contributed by atoms with Crippen LogP contribution in [0, 0.1) is 5.82 Å². The topological polar surface area (TPSA) is 63.5 Å². The molecular weight excluding hydrogens is 493 g/mol. The zero-order chi connectivity index (χ0) is 26.6. The maximum atomic E-state index is 13.5. The fraction of sp³-hybridized carbons (Fsp3) is 0.323. The van der Waals surface area contributed by atoms with E-state index in [0.29, 0.717) is 18.8 Å². The molecule has 8 heteroatoms. The Bertz CT molecular complexity index is 1410. The SMILES string of the molecule is O=C(c1ccc(N2CCOCC2)nc1)N1CCCC1c1cccc(-c2cncn2CCc2ccc(F)cc2)c1. The highest BCUT2D eigenvalue weighted by Crippen LogP contribution is 2.35. The molecule has 2 aliphatic rings. The highest BCUT2D eigenvalue weighted by Gasteiger charge is 2.31. The Balaban J connectivity index is 1.17. The molecule has 7 nitrogen and oxygen atoms in total. The van der Waals surface area contributed by atoms with Gasteiger partial charge in [0.25, 0.3) is 5.91 Å². The van der Waals surface area contributed by atoms with Crippen molar-refractivity contribution in [3.8, 4) is 11.3 Å². The minimum Gasteiger partial charge on any atom is -0.378 e. The summed E-state index contributed by atoms with van der Waals surface area (Å²) < 4.78 is 20.8. The number of nitrogens with zero attached hydrogens (tertiary/aromatic N) is 5. The van der Waals surface area contributed by atoms with Gasteiger partial charge in [0.05, 0.1) is 43.0 Å². The summed E-state index contributed by atoms with van der Waals surface area (Å²) in [6, 6.07) is 18.9. The van der Waals surface area contributed by atoms with Crippen molar-refractivity contribution in [2.75, 3.05) is 37.7 Å². The molecule has 2 aromatic carbocycles. The lowest BCUT2D eigenvalue weighted by atomic mass is 10.00. The first-order valence-electron chi connectivity index (χ1n) is 13.6. The quantitative estimate of drug-likeness (QED) is 0.334. The molecule has 2 saturated heterocycles. The Morgan fingerprint density at radius 2 is 1.85 bits per heavy atom. The van der Waals surface area contributed by atoms with Gasteiger partial charge in [-0.05, 0) is 60.7 Å². The minimum absolute atomic E-state index is 0.0203. The molecule has 1 amide bonds. The molecule has 200 valence electrons. The number of ether oxygens (including phenoxy) is 1. The molecule has 39 heavy (non-hydrogen) atoms. The number of hydrogen-bond donors (Lipinski definition) is 0. The Hall–Kier alpha value is -4.04. The summed E-state index contributed by atoms with van der Waals surface area (Å²) in [5.74, 6) is 0.685. The third kappa shape index (κ3) is 5.56. The van der Waals surface area contributed by atoms with Crippen LogP contribution in [0.2, 0.25) is 0 Å². The molecule has 6 rings (SSSR count). The standard InChI is InChI=1S/C31H32FN5O2/c32-27-9-6-23(7-10-27)12-14-36-22-33-21-29(36)25-4-1-3-24(19-25)28-5-2-13-37(28)31(38)26-8-11-30(34-20-26)35-15-17-39-18-16-35/h1,3-4,6-11,19-22,28H,2,5,12-18H2. The van der Waals surface area contributed by atoms with Gasteiger partial charge in [-0.15, -0.1) is 0 Å². The van der Waals surface area contributed by atoms with Gasteiger partial charge < -0.3 is 19.1 Å². The van der Waals surface area contributed by atoms with Crippen LogP contribution in [0.4, 0.5) is 10.2 Å². The van der Waals surface area contributed by atoms with Crippen LogP contribution in [-0.2, 0) is 17.7 Å². The minimum atomic E-state index is -0.223. The van der Waals surface area contributed by atoms with Crippen molar-refractivity contribution in [3.63, 3.8) is 0 Å². The number of hydrogen-bond acceptors (Lipinski definition) is 5. The average Bonchev–Trinajstić information content (AvgIpc) is 3.68. The highest BCUT2D eigenvalue weighted by molar-refractivity contribution is 5.94. The Kier molecular flexibility index (Phi) is 7.36. The number of likely N-dealkylation sites (tertiary alicyclic amines) is 1. The van der Waals surface area contributed by atoms with Gasteiger partial charge in [-0.1, -0.05) is 30.3 Å². The molecule has 0 radical (unpaired) electrons. The number of aryl methyl sites for hydroxylation is 2. The normalized spacial score (nSPS) is 17.5. The smallest absolute Gasteiger partial charge is 0.255 e. The lowest BCUT2D eigenvalue weighted by Gasteiger charge is -2.28. The number of benzene rings is 2. The molecule has 2 aliphatic heterocycles. The number of morpholine rings is 1. The molecule has 0 aliphatic carbocycles. The number of aromatic nitrogens is 3. The summed E-state index contributed by atoms with van der Waals surface area (Å²) in [4.78, 5) is 26.7. The van der Waals surface area contributed by atoms with E-state index >= 15 is 0 Å².